The van der Waals surface area contributed by atoms with Crippen molar-refractivity contribution in [3.8, 4) is 11.5 Å². The number of hydrogen-bond donors (Lipinski definition) is 2. The molecule has 11 heteroatoms. The molecular weight excluding hydrogens is 584 g/mol. The minimum absolute atomic E-state index is 0.266. The number of para-hydroxylation sites is 1. The van der Waals surface area contributed by atoms with Crippen molar-refractivity contribution >= 4 is 45.1 Å². The number of nitrogens with zero attached hydrogens (tertiary/aromatic N) is 4. The van der Waals surface area contributed by atoms with E-state index in [1.165, 1.54) is 0 Å². The van der Waals surface area contributed by atoms with Gasteiger partial charge in [-0.15, -0.1) is 0 Å². The van der Waals surface area contributed by atoms with E-state index >= 15 is 0 Å². The normalized spacial score (nSPS) is 14.4. The Morgan fingerprint density at radius 1 is 1.13 bits per heavy atom. The molecule has 2 N–H and O–H groups in total. The summed E-state index contributed by atoms with van der Waals surface area (Å²) in [6, 6.07) is 18.2. The summed E-state index contributed by atoms with van der Waals surface area (Å²) in [5, 5.41) is 19.0. The molecule has 1 aliphatic heterocycles. The van der Waals surface area contributed by atoms with Gasteiger partial charge in [0.15, 0.2) is 11.5 Å². The number of anilines is 2. The van der Waals surface area contributed by atoms with E-state index in [9.17, 15) is 4.79 Å². The largest absolute Gasteiger partial charge is 0.490 e. The van der Waals surface area contributed by atoms with Crippen LogP contribution in [-0.4, -0.2) is 32.7 Å². The third-order valence-corrected chi connectivity index (χ3v) is 7.14. The number of aryl methyl sites for hydroxylation is 1. The first-order valence-corrected chi connectivity index (χ1v) is 13.5. The first-order chi connectivity index (χ1) is 18.9. The molecule has 1 unspecified atom stereocenters. The molecule has 0 aliphatic carbocycles. The van der Waals surface area contributed by atoms with Crippen molar-refractivity contribution in [2.24, 2.45) is 0 Å². The lowest BCUT2D eigenvalue weighted by Crippen LogP contribution is -2.31. The Kier molecular flexibility index (Phi) is 7.85. The van der Waals surface area contributed by atoms with E-state index in [-0.39, 0.29) is 5.91 Å². The maximum Gasteiger partial charge on any atom is 0.255 e. The van der Waals surface area contributed by atoms with E-state index in [4.69, 9.17) is 21.1 Å². The Hall–Kier alpha value is -3.89. The van der Waals surface area contributed by atoms with E-state index in [1.54, 1.807) is 4.68 Å². The SMILES string of the molecule is CCOc1cc(C2C(C(=O)Nc3ccccc3C)=C(C)Nc3nnnn32)cc(Br)c1OCc1ccc(Cl)cc1. The van der Waals surface area contributed by atoms with E-state index < -0.39 is 6.04 Å². The number of amides is 1. The molecule has 0 radical (unpaired) electrons. The molecule has 4 aromatic rings. The summed E-state index contributed by atoms with van der Waals surface area (Å²) in [6.07, 6.45) is 0. The van der Waals surface area contributed by atoms with Crippen LogP contribution >= 0.6 is 27.5 Å². The minimum Gasteiger partial charge on any atom is -0.490 e. The zero-order chi connectivity index (χ0) is 27.5. The zero-order valence-electron chi connectivity index (χ0n) is 21.5. The van der Waals surface area contributed by atoms with E-state index in [0.29, 0.717) is 51.4 Å². The molecule has 1 aliphatic rings. The Morgan fingerprint density at radius 3 is 2.64 bits per heavy atom. The van der Waals surface area contributed by atoms with Crippen molar-refractivity contribution in [1.29, 1.82) is 0 Å². The number of aromatic nitrogens is 4. The van der Waals surface area contributed by atoms with Crippen LogP contribution in [0.15, 0.2) is 76.4 Å². The highest BCUT2D eigenvalue weighted by Crippen LogP contribution is 2.43. The lowest BCUT2D eigenvalue weighted by Gasteiger charge is -2.29. The molecule has 0 spiro atoms. The molecule has 0 saturated carbocycles. The van der Waals surface area contributed by atoms with Crippen LogP contribution in [-0.2, 0) is 11.4 Å². The van der Waals surface area contributed by atoms with Crippen LogP contribution in [0.25, 0.3) is 0 Å². The molecule has 5 rings (SSSR count). The first kappa shape index (κ1) is 26.7. The molecule has 9 nitrogen and oxygen atoms in total. The van der Waals surface area contributed by atoms with E-state index in [2.05, 4.69) is 42.1 Å². The van der Waals surface area contributed by atoms with Gasteiger partial charge >= 0.3 is 0 Å². The van der Waals surface area contributed by atoms with Crippen LogP contribution in [0.3, 0.4) is 0 Å². The molecular formula is C28H26BrClN6O3. The van der Waals surface area contributed by atoms with Gasteiger partial charge in [0.25, 0.3) is 5.91 Å². The zero-order valence-corrected chi connectivity index (χ0v) is 23.9. The fourth-order valence-corrected chi connectivity index (χ4v) is 5.10. The molecule has 39 heavy (non-hydrogen) atoms. The summed E-state index contributed by atoms with van der Waals surface area (Å²) in [7, 11) is 0. The van der Waals surface area contributed by atoms with E-state index in [1.807, 2.05) is 81.4 Å². The van der Waals surface area contributed by atoms with Crippen LogP contribution in [0.1, 0.15) is 36.6 Å². The van der Waals surface area contributed by atoms with Crippen molar-refractivity contribution in [3.63, 3.8) is 0 Å². The molecule has 0 bridgehead atoms. The number of tetrazole rings is 1. The van der Waals surface area contributed by atoms with Gasteiger partial charge < -0.3 is 20.1 Å². The monoisotopic (exact) mass is 608 g/mol. The third kappa shape index (κ3) is 5.62. The molecule has 1 amide bonds. The summed E-state index contributed by atoms with van der Waals surface area (Å²) in [5.74, 6) is 1.24. The Bertz CT molecular complexity index is 1550. The Balaban J connectivity index is 1.53. The Labute approximate surface area is 239 Å². The average molecular weight is 610 g/mol. The van der Waals surface area contributed by atoms with Crippen molar-refractivity contribution in [3.05, 3.63) is 98.1 Å². The van der Waals surface area contributed by atoms with Gasteiger partial charge in [-0.25, -0.2) is 0 Å². The fourth-order valence-electron chi connectivity index (χ4n) is 4.40. The number of ether oxygens (including phenoxy) is 2. The smallest absolute Gasteiger partial charge is 0.255 e. The van der Waals surface area contributed by atoms with Gasteiger partial charge in [0, 0.05) is 16.4 Å². The van der Waals surface area contributed by atoms with Crippen molar-refractivity contribution in [1.82, 2.24) is 20.2 Å². The van der Waals surface area contributed by atoms with Crippen LogP contribution < -0.4 is 20.1 Å². The number of rotatable bonds is 8. The molecule has 1 aromatic heterocycles. The number of carbonyl (C=O) groups excluding carboxylic acids is 1. The molecule has 200 valence electrons. The molecule has 0 fully saturated rings. The fraction of sp³-hybridized carbons (Fsp3) is 0.214. The topological polar surface area (TPSA) is 103 Å². The number of fused-ring (bicyclic) bond motifs is 1. The first-order valence-electron chi connectivity index (χ1n) is 12.3. The second-order valence-corrected chi connectivity index (χ2v) is 10.3. The quantitative estimate of drug-likeness (QED) is 0.242. The summed E-state index contributed by atoms with van der Waals surface area (Å²) >= 11 is 9.68. The van der Waals surface area contributed by atoms with Gasteiger partial charge in [-0.1, -0.05) is 47.0 Å². The standard InChI is InChI=1S/C28H26BrClN6O3/c1-4-38-23-14-19(13-21(29)26(23)39-15-18-9-11-20(30)12-10-18)25-24(17(3)31-28-33-34-35-36(25)28)27(37)32-22-8-6-5-7-16(22)2/h5-14,25H,4,15H2,1-3H3,(H,32,37)(H,31,33,35). The molecule has 1 atom stereocenters. The maximum atomic E-state index is 13.7. The number of nitrogens with one attached hydrogen (secondary N) is 2. The third-order valence-electron chi connectivity index (χ3n) is 6.30. The van der Waals surface area contributed by atoms with Crippen molar-refractivity contribution < 1.29 is 14.3 Å². The van der Waals surface area contributed by atoms with Gasteiger partial charge in [0.2, 0.25) is 5.95 Å². The average Bonchev–Trinajstić information content (AvgIpc) is 3.37. The van der Waals surface area contributed by atoms with Gasteiger partial charge in [-0.05, 0) is 94.2 Å². The number of allylic oxidation sites excluding steroid dienone is 1. The lowest BCUT2D eigenvalue weighted by atomic mass is 9.94. The number of carbonyl (C=O) groups is 1. The molecule has 2 heterocycles. The highest BCUT2D eigenvalue weighted by molar-refractivity contribution is 9.10. The molecule has 3 aromatic carbocycles. The summed E-state index contributed by atoms with van der Waals surface area (Å²) in [5.41, 5.74) is 4.51. The second-order valence-electron chi connectivity index (χ2n) is 8.96. The van der Waals surface area contributed by atoms with Gasteiger partial charge in [0.05, 0.1) is 16.7 Å². The minimum atomic E-state index is -0.624. The Morgan fingerprint density at radius 2 is 1.90 bits per heavy atom. The van der Waals surface area contributed by atoms with Gasteiger partial charge in [-0.2, -0.15) is 4.68 Å². The van der Waals surface area contributed by atoms with Crippen LogP contribution in [0, 0.1) is 6.92 Å². The number of hydrogen-bond acceptors (Lipinski definition) is 7. The predicted octanol–water partition coefficient (Wildman–Crippen LogP) is 6.30. The van der Waals surface area contributed by atoms with Gasteiger partial charge in [-0.3, -0.25) is 4.79 Å². The van der Waals surface area contributed by atoms with Crippen LogP contribution in [0.5, 0.6) is 11.5 Å². The second kappa shape index (κ2) is 11.5. The molecule has 0 saturated heterocycles. The van der Waals surface area contributed by atoms with Gasteiger partial charge in [0.1, 0.15) is 12.6 Å². The summed E-state index contributed by atoms with van der Waals surface area (Å²) in [6.45, 7) is 6.42. The maximum absolute atomic E-state index is 13.7. The summed E-state index contributed by atoms with van der Waals surface area (Å²) in [4.78, 5) is 13.7. The number of halogens is 2. The summed E-state index contributed by atoms with van der Waals surface area (Å²) < 4.78 is 14.4. The van der Waals surface area contributed by atoms with Crippen molar-refractivity contribution in [2.75, 3.05) is 17.2 Å². The van der Waals surface area contributed by atoms with Crippen LogP contribution in [0.4, 0.5) is 11.6 Å². The van der Waals surface area contributed by atoms with Crippen LogP contribution in [0.2, 0.25) is 5.02 Å². The van der Waals surface area contributed by atoms with E-state index in [0.717, 1.165) is 22.4 Å². The highest BCUT2D eigenvalue weighted by Gasteiger charge is 2.35. The predicted molar refractivity (Wildman–Crippen MR) is 153 cm³/mol. The highest BCUT2D eigenvalue weighted by atomic mass is 79.9. The number of benzene rings is 3. The van der Waals surface area contributed by atoms with Crippen molar-refractivity contribution in [2.45, 2.75) is 33.4 Å². The lowest BCUT2D eigenvalue weighted by molar-refractivity contribution is -0.113.